The van der Waals surface area contributed by atoms with Crippen molar-refractivity contribution < 1.29 is 4.79 Å². The van der Waals surface area contributed by atoms with E-state index in [9.17, 15) is 4.79 Å². The van der Waals surface area contributed by atoms with E-state index in [1.165, 1.54) is 32.1 Å². The van der Waals surface area contributed by atoms with Crippen LogP contribution in [0.5, 0.6) is 0 Å². The molecule has 0 aliphatic heterocycles. The number of aryl methyl sites for hydroxylation is 1. The van der Waals surface area contributed by atoms with Crippen LogP contribution in [0.15, 0.2) is 0 Å². The molecule has 0 atom stereocenters. The van der Waals surface area contributed by atoms with Crippen molar-refractivity contribution in [3.63, 3.8) is 0 Å². The second kappa shape index (κ2) is 7.99. The van der Waals surface area contributed by atoms with E-state index in [-0.39, 0.29) is 17.4 Å². The number of nitrogens with zero attached hydrogens (tertiary/aromatic N) is 4. The van der Waals surface area contributed by atoms with Crippen LogP contribution in [0, 0.1) is 30.6 Å². The molecular formula is C27H44N4O. The zero-order valence-corrected chi connectivity index (χ0v) is 21.7. The highest BCUT2D eigenvalue weighted by atomic mass is 16.2. The van der Waals surface area contributed by atoms with E-state index in [0.717, 1.165) is 48.8 Å². The molecule has 0 aromatic carbocycles. The molecule has 5 nitrogen and oxygen atoms in total. The van der Waals surface area contributed by atoms with Crippen molar-refractivity contribution in [1.82, 2.24) is 14.9 Å². The van der Waals surface area contributed by atoms with Gasteiger partial charge in [-0.05, 0) is 77.0 Å². The van der Waals surface area contributed by atoms with Crippen LogP contribution in [0.1, 0.15) is 96.6 Å². The van der Waals surface area contributed by atoms with E-state index in [1.54, 1.807) is 0 Å². The van der Waals surface area contributed by atoms with Crippen molar-refractivity contribution in [3.05, 3.63) is 17.1 Å². The molecule has 1 aromatic rings. The summed E-state index contributed by atoms with van der Waals surface area (Å²) in [6.07, 6.45) is 9.37. The van der Waals surface area contributed by atoms with Gasteiger partial charge < -0.3 is 9.80 Å². The fraction of sp³-hybridized carbons (Fsp3) is 0.815. The molecule has 3 saturated carbocycles. The molecule has 2 spiro atoms. The average Bonchev–Trinajstić information content (AvgIpc) is 2.59. The lowest BCUT2D eigenvalue weighted by molar-refractivity contribution is -0.179. The van der Waals surface area contributed by atoms with Crippen LogP contribution >= 0.6 is 0 Å². The number of carbonyl (C=O) groups excluding carboxylic acids is 1. The Hall–Kier alpha value is -1.65. The quantitative estimate of drug-likeness (QED) is 0.592. The first-order valence-electron chi connectivity index (χ1n) is 12.7. The Morgan fingerprint density at radius 2 is 1.69 bits per heavy atom. The Morgan fingerprint density at radius 3 is 2.19 bits per heavy atom. The van der Waals surface area contributed by atoms with Gasteiger partial charge in [0.15, 0.2) is 0 Å². The Bertz CT molecular complexity index is 864. The predicted molar refractivity (Wildman–Crippen MR) is 131 cm³/mol. The van der Waals surface area contributed by atoms with Crippen LogP contribution in [0.3, 0.4) is 0 Å². The summed E-state index contributed by atoms with van der Waals surface area (Å²) in [6.45, 7) is 16.4. The first-order chi connectivity index (χ1) is 14.8. The molecule has 5 heteroatoms. The Labute approximate surface area is 195 Å². The van der Waals surface area contributed by atoms with E-state index in [0.29, 0.717) is 16.7 Å². The zero-order chi connectivity index (χ0) is 23.5. The molecule has 1 heterocycles. The summed E-state index contributed by atoms with van der Waals surface area (Å²) < 4.78 is 0. The van der Waals surface area contributed by atoms with E-state index >= 15 is 0 Å². The molecule has 3 aliphatic carbocycles. The number of likely N-dealkylation sites (N-methyl/N-ethyl adjacent to an activating group) is 1. The summed E-state index contributed by atoms with van der Waals surface area (Å²) >= 11 is 0. The van der Waals surface area contributed by atoms with Crippen LogP contribution in [-0.4, -0.2) is 47.0 Å². The monoisotopic (exact) mass is 440 g/mol. The second-order valence-corrected chi connectivity index (χ2v) is 12.7. The molecule has 3 aliphatic rings. The maximum absolute atomic E-state index is 13.4. The molecule has 1 aromatic heterocycles. The molecule has 1 amide bonds. The van der Waals surface area contributed by atoms with Gasteiger partial charge in [-0.1, -0.05) is 27.2 Å². The van der Waals surface area contributed by atoms with Crippen molar-refractivity contribution in [2.45, 2.75) is 105 Å². The number of hydrogen-bond donors (Lipinski definition) is 0. The highest BCUT2D eigenvalue weighted by Crippen LogP contribution is 2.72. The summed E-state index contributed by atoms with van der Waals surface area (Å²) in [6, 6.07) is 0.227. The number of amides is 1. The Morgan fingerprint density at radius 1 is 1.06 bits per heavy atom. The third-order valence-electron chi connectivity index (χ3n) is 8.60. The topological polar surface area (TPSA) is 49.3 Å². The maximum Gasteiger partial charge on any atom is 0.226 e. The zero-order valence-electron chi connectivity index (χ0n) is 21.7. The van der Waals surface area contributed by atoms with Crippen LogP contribution in [0.2, 0.25) is 0 Å². The van der Waals surface area contributed by atoms with Gasteiger partial charge >= 0.3 is 0 Å². The van der Waals surface area contributed by atoms with Gasteiger partial charge in [-0.25, -0.2) is 9.97 Å². The maximum atomic E-state index is 13.4. The van der Waals surface area contributed by atoms with Gasteiger partial charge in [0, 0.05) is 48.8 Å². The van der Waals surface area contributed by atoms with Crippen molar-refractivity contribution in [1.29, 1.82) is 0 Å². The van der Waals surface area contributed by atoms with Gasteiger partial charge in [0.25, 0.3) is 0 Å². The minimum Gasteiger partial charge on any atom is -0.358 e. The van der Waals surface area contributed by atoms with E-state index < -0.39 is 0 Å². The van der Waals surface area contributed by atoms with Gasteiger partial charge in [-0.3, -0.25) is 4.79 Å². The molecule has 3 fully saturated rings. The third kappa shape index (κ3) is 4.17. The average molecular weight is 441 g/mol. The smallest absolute Gasteiger partial charge is 0.226 e. The largest absolute Gasteiger partial charge is 0.358 e. The van der Waals surface area contributed by atoms with Crippen LogP contribution in [-0.2, 0) is 10.2 Å². The van der Waals surface area contributed by atoms with Gasteiger partial charge in [-0.15, -0.1) is 0 Å². The lowest BCUT2D eigenvalue weighted by atomic mass is 9.38. The molecule has 178 valence electrons. The normalized spacial score (nSPS) is 21.3. The molecule has 0 unspecified atom stereocenters. The Balaban J connectivity index is 1.37. The number of carbonyl (C=O) groups is 1. The molecule has 0 radical (unpaired) electrons. The summed E-state index contributed by atoms with van der Waals surface area (Å²) in [5, 5.41) is 0. The Kier molecular flexibility index (Phi) is 5.87. The molecule has 4 rings (SSSR count). The van der Waals surface area contributed by atoms with Gasteiger partial charge in [0.05, 0.1) is 0 Å². The minimum absolute atomic E-state index is 0.0895. The highest BCUT2D eigenvalue weighted by molar-refractivity contribution is 5.80. The summed E-state index contributed by atoms with van der Waals surface area (Å²) in [4.78, 5) is 27.3. The molecular weight excluding hydrogens is 396 g/mol. The van der Waals surface area contributed by atoms with Crippen molar-refractivity contribution in [3.8, 4) is 0 Å². The third-order valence-corrected chi connectivity index (χ3v) is 8.60. The molecule has 0 bridgehead atoms. The number of aromatic nitrogens is 2. The fourth-order valence-electron chi connectivity index (χ4n) is 6.56. The van der Waals surface area contributed by atoms with E-state index in [2.05, 4.69) is 65.3 Å². The molecule has 32 heavy (non-hydrogen) atoms. The van der Waals surface area contributed by atoms with Crippen LogP contribution in [0.4, 0.5) is 5.82 Å². The lowest BCUT2D eigenvalue weighted by Gasteiger charge is -2.67. The summed E-state index contributed by atoms with van der Waals surface area (Å²) in [5.41, 5.74) is 3.30. The lowest BCUT2D eigenvalue weighted by Crippen LogP contribution is -2.59. The number of anilines is 1. The van der Waals surface area contributed by atoms with Crippen molar-refractivity contribution >= 4 is 11.7 Å². The molecule has 0 N–H and O–H groups in total. The number of hydrogen-bond acceptors (Lipinski definition) is 4. The minimum atomic E-state index is -0.0895. The van der Waals surface area contributed by atoms with Crippen molar-refractivity contribution in [2.75, 3.05) is 25.0 Å². The SMILES string of the molecule is Cc1nc(C(C)(C)C)nc(N(C)CCN(C(=O)C2CC3(C2)CC2(CCC2)C3)C(C)C)c1C. The molecule has 0 saturated heterocycles. The predicted octanol–water partition coefficient (Wildman–Crippen LogP) is 5.42. The highest BCUT2D eigenvalue weighted by Gasteiger charge is 2.62. The van der Waals surface area contributed by atoms with E-state index in [1.807, 2.05) is 0 Å². The van der Waals surface area contributed by atoms with Crippen LogP contribution < -0.4 is 4.90 Å². The standard InChI is InChI=1S/C27H44N4O/c1-18(2)31(23(32)21-14-27(15-21)16-26(17-27)10-9-11-26)13-12-30(8)22-19(3)20(4)28-24(29-22)25(5,6)7/h18,21H,9-17H2,1-8H3. The van der Waals surface area contributed by atoms with E-state index in [4.69, 9.17) is 9.97 Å². The van der Waals surface area contributed by atoms with Crippen molar-refractivity contribution in [2.24, 2.45) is 16.7 Å². The summed E-state index contributed by atoms with van der Waals surface area (Å²) in [7, 11) is 2.09. The van der Waals surface area contributed by atoms with Gasteiger partial charge in [-0.2, -0.15) is 0 Å². The van der Waals surface area contributed by atoms with Gasteiger partial charge in [0.1, 0.15) is 11.6 Å². The van der Waals surface area contributed by atoms with Crippen LogP contribution in [0.25, 0.3) is 0 Å². The number of rotatable bonds is 6. The summed E-state index contributed by atoms with van der Waals surface area (Å²) in [5.74, 6) is 2.49. The second-order valence-electron chi connectivity index (χ2n) is 12.7. The first kappa shape index (κ1) is 23.5. The fourth-order valence-corrected chi connectivity index (χ4v) is 6.56. The van der Waals surface area contributed by atoms with Gasteiger partial charge in [0.2, 0.25) is 5.91 Å². The first-order valence-corrected chi connectivity index (χ1v) is 12.7.